The van der Waals surface area contributed by atoms with Gasteiger partial charge in [0, 0.05) is 6.92 Å². The Morgan fingerprint density at radius 3 is 2.22 bits per heavy atom. The fourth-order valence-corrected chi connectivity index (χ4v) is 1.88. The molecule has 0 aliphatic heterocycles. The minimum atomic E-state index is -0.225. The molecule has 18 heavy (non-hydrogen) atoms. The van der Waals surface area contributed by atoms with Crippen molar-refractivity contribution in [3.05, 3.63) is 53.2 Å². The molecule has 1 unspecified atom stereocenters. The summed E-state index contributed by atoms with van der Waals surface area (Å²) >= 11 is 0. The van der Waals surface area contributed by atoms with Crippen LogP contribution in [0.2, 0.25) is 0 Å². The number of nitrogens with two attached hydrogens (primary N) is 1. The molecule has 3 nitrogen and oxygen atoms in total. The summed E-state index contributed by atoms with van der Waals surface area (Å²) in [7, 11) is 0. The van der Waals surface area contributed by atoms with Gasteiger partial charge >= 0.3 is 0 Å². The Morgan fingerprint density at radius 2 is 1.78 bits per heavy atom. The average Bonchev–Trinajstić information content (AvgIpc) is 2.74. The minimum absolute atomic E-state index is 0.160. The lowest BCUT2D eigenvalue weighted by molar-refractivity contribution is 0.520. The summed E-state index contributed by atoms with van der Waals surface area (Å²) in [6.07, 6.45) is 1.62. The Balaban J connectivity index is 2.24. The van der Waals surface area contributed by atoms with Gasteiger partial charge in [0.2, 0.25) is 0 Å². The molecule has 0 saturated heterocycles. The van der Waals surface area contributed by atoms with Crippen molar-refractivity contribution in [3.8, 4) is 0 Å². The maximum absolute atomic E-state index is 6.17. The molecule has 2 rings (SSSR count). The van der Waals surface area contributed by atoms with Crippen molar-refractivity contribution in [3.63, 3.8) is 0 Å². The van der Waals surface area contributed by atoms with Crippen molar-refractivity contribution in [1.82, 2.24) is 4.98 Å². The number of aryl methyl sites for hydroxylation is 1. The van der Waals surface area contributed by atoms with Crippen molar-refractivity contribution >= 4 is 0 Å². The van der Waals surface area contributed by atoms with Crippen molar-refractivity contribution in [2.75, 3.05) is 0 Å². The molecule has 0 aliphatic carbocycles. The van der Waals surface area contributed by atoms with Crippen LogP contribution < -0.4 is 5.73 Å². The molecule has 0 fully saturated rings. The smallest absolute Gasteiger partial charge is 0.191 e. The van der Waals surface area contributed by atoms with Crippen LogP contribution in [0.3, 0.4) is 0 Å². The number of nitrogens with zero attached hydrogens (tertiary/aromatic N) is 1. The largest absolute Gasteiger partial charge is 0.449 e. The lowest BCUT2D eigenvalue weighted by Gasteiger charge is -2.19. The summed E-state index contributed by atoms with van der Waals surface area (Å²) < 4.78 is 5.19. The second-order valence-electron chi connectivity index (χ2n) is 5.64. The van der Waals surface area contributed by atoms with Gasteiger partial charge in [0.15, 0.2) is 5.89 Å². The molecular formula is C15H20N2O. The summed E-state index contributed by atoms with van der Waals surface area (Å²) in [5.74, 6) is 0.645. The molecule has 0 amide bonds. The maximum Gasteiger partial charge on any atom is 0.191 e. The molecular weight excluding hydrogens is 224 g/mol. The van der Waals surface area contributed by atoms with Crippen LogP contribution in [0.15, 0.2) is 34.9 Å². The number of hydrogen-bond donors (Lipinski definition) is 1. The third-order valence-corrected chi connectivity index (χ3v) is 3.09. The first kappa shape index (κ1) is 12.8. The highest BCUT2D eigenvalue weighted by molar-refractivity contribution is 5.32. The molecule has 1 heterocycles. The molecule has 1 aromatic carbocycles. The highest BCUT2D eigenvalue weighted by atomic mass is 16.3. The summed E-state index contributed by atoms with van der Waals surface area (Å²) in [6, 6.07) is 8.16. The van der Waals surface area contributed by atoms with Crippen LogP contribution in [0.5, 0.6) is 0 Å². The Morgan fingerprint density at radius 1 is 1.17 bits per heavy atom. The van der Waals surface area contributed by atoms with Crippen LogP contribution in [0.4, 0.5) is 0 Å². The normalized spacial score (nSPS) is 13.6. The SMILES string of the molecule is Cc1nc(C(N)c2ccc(C(C)(C)C)cc2)co1. The van der Waals surface area contributed by atoms with Gasteiger partial charge in [0.05, 0.1) is 6.04 Å². The number of rotatable bonds is 2. The maximum atomic E-state index is 6.17. The zero-order chi connectivity index (χ0) is 13.3. The van der Waals surface area contributed by atoms with E-state index in [9.17, 15) is 0 Å². The highest BCUT2D eigenvalue weighted by Gasteiger charge is 2.16. The van der Waals surface area contributed by atoms with Crippen LogP contribution in [0.1, 0.15) is 49.5 Å². The van der Waals surface area contributed by atoms with Crippen molar-refractivity contribution in [2.45, 2.75) is 39.2 Å². The van der Waals surface area contributed by atoms with E-state index in [0.717, 1.165) is 11.3 Å². The average molecular weight is 244 g/mol. The standard InChI is InChI=1S/C15H20N2O/c1-10-17-13(9-18-10)14(16)11-5-7-12(8-6-11)15(2,3)4/h5-9,14H,16H2,1-4H3. The van der Waals surface area contributed by atoms with Gasteiger partial charge in [-0.2, -0.15) is 0 Å². The molecule has 0 aliphatic rings. The second-order valence-corrected chi connectivity index (χ2v) is 5.64. The first-order chi connectivity index (χ1) is 8.38. The zero-order valence-electron chi connectivity index (χ0n) is 11.4. The summed E-state index contributed by atoms with van der Waals surface area (Å²) in [4.78, 5) is 4.27. The number of aromatic nitrogens is 1. The fourth-order valence-electron chi connectivity index (χ4n) is 1.88. The van der Waals surface area contributed by atoms with E-state index in [2.05, 4.69) is 50.0 Å². The molecule has 3 heteroatoms. The summed E-state index contributed by atoms with van der Waals surface area (Å²) in [6.45, 7) is 8.41. The number of hydrogen-bond acceptors (Lipinski definition) is 3. The zero-order valence-corrected chi connectivity index (χ0v) is 11.4. The Bertz CT molecular complexity index is 520. The quantitative estimate of drug-likeness (QED) is 0.881. The lowest BCUT2D eigenvalue weighted by Crippen LogP contribution is -2.14. The van der Waals surface area contributed by atoms with Gasteiger partial charge < -0.3 is 10.2 Å². The van der Waals surface area contributed by atoms with Crippen LogP contribution in [0, 0.1) is 6.92 Å². The Hall–Kier alpha value is -1.61. The van der Waals surface area contributed by atoms with Crippen molar-refractivity contribution < 1.29 is 4.42 Å². The van der Waals surface area contributed by atoms with E-state index in [1.807, 2.05) is 6.92 Å². The molecule has 96 valence electrons. The van der Waals surface area contributed by atoms with E-state index < -0.39 is 0 Å². The summed E-state index contributed by atoms with van der Waals surface area (Å²) in [5.41, 5.74) is 9.45. The van der Waals surface area contributed by atoms with Gasteiger partial charge in [-0.3, -0.25) is 0 Å². The van der Waals surface area contributed by atoms with Gasteiger partial charge in [-0.25, -0.2) is 4.98 Å². The van der Waals surface area contributed by atoms with Gasteiger partial charge in [-0.15, -0.1) is 0 Å². The first-order valence-corrected chi connectivity index (χ1v) is 6.16. The van der Waals surface area contributed by atoms with E-state index in [1.165, 1.54) is 5.56 Å². The highest BCUT2D eigenvalue weighted by Crippen LogP contribution is 2.25. The Labute approximate surface area is 108 Å². The van der Waals surface area contributed by atoms with E-state index in [0.29, 0.717) is 5.89 Å². The van der Waals surface area contributed by atoms with E-state index in [-0.39, 0.29) is 11.5 Å². The van der Waals surface area contributed by atoms with Crippen LogP contribution >= 0.6 is 0 Å². The molecule has 1 atom stereocenters. The van der Waals surface area contributed by atoms with E-state index >= 15 is 0 Å². The second kappa shape index (κ2) is 4.58. The molecule has 0 saturated carbocycles. The summed E-state index contributed by atoms with van der Waals surface area (Å²) in [5, 5.41) is 0. The Kier molecular flexibility index (Phi) is 3.26. The molecule has 0 radical (unpaired) electrons. The minimum Gasteiger partial charge on any atom is -0.449 e. The first-order valence-electron chi connectivity index (χ1n) is 6.16. The molecule has 2 aromatic rings. The predicted octanol–water partition coefficient (Wildman–Crippen LogP) is 3.33. The van der Waals surface area contributed by atoms with Crippen LogP contribution in [-0.4, -0.2) is 4.98 Å². The third-order valence-electron chi connectivity index (χ3n) is 3.09. The van der Waals surface area contributed by atoms with Gasteiger partial charge in [0.1, 0.15) is 12.0 Å². The topological polar surface area (TPSA) is 52.0 Å². The predicted molar refractivity (Wildman–Crippen MR) is 72.4 cm³/mol. The fraction of sp³-hybridized carbons (Fsp3) is 0.400. The number of benzene rings is 1. The van der Waals surface area contributed by atoms with Crippen LogP contribution in [-0.2, 0) is 5.41 Å². The van der Waals surface area contributed by atoms with Crippen molar-refractivity contribution in [2.24, 2.45) is 5.73 Å². The van der Waals surface area contributed by atoms with Crippen molar-refractivity contribution in [1.29, 1.82) is 0 Å². The molecule has 0 bridgehead atoms. The molecule has 2 N–H and O–H groups in total. The molecule has 1 aromatic heterocycles. The van der Waals surface area contributed by atoms with Crippen LogP contribution in [0.25, 0.3) is 0 Å². The molecule has 0 spiro atoms. The van der Waals surface area contributed by atoms with E-state index in [4.69, 9.17) is 10.2 Å². The number of oxazole rings is 1. The van der Waals surface area contributed by atoms with E-state index in [1.54, 1.807) is 6.26 Å². The third kappa shape index (κ3) is 2.62. The van der Waals surface area contributed by atoms with Gasteiger partial charge in [-0.05, 0) is 16.5 Å². The van der Waals surface area contributed by atoms with Gasteiger partial charge in [-0.1, -0.05) is 45.0 Å². The van der Waals surface area contributed by atoms with Gasteiger partial charge in [0.25, 0.3) is 0 Å². The lowest BCUT2D eigenvalue weighted by atomic mass is 9.86. The monoisotopic (exact) mass is 244 g/mol.